The van der Waals surface area contributed by atoms with Gasteiger partial charge in [0, 0.05) is 48.2 Å². The van der Waals surface area contributed by atoms with E-state index < -0.39 is 0 Å². The molecule has 0 saturated heterocycles. The molecule has 2 aromatic heterocycles. The lowest BCUT2D eigenvalue weighted by Crippen LogP contribution is -2.09. The monoisotopic (exact) mass is 694 g/mol. The molecule has 3 nitrogen and oxygen atoms in total. The van der Waals surface area contributed by atoms with Crippen LogP contribution in [0.1, 0.15) is 0 Å². The average molecular weight is 695 g/mol. The van der Waals surface area contributed by atoms with Gasteiger partial charge in [-0.3, -0.25) is 0 Å². The van der Waals surface area contributed by atoms with Crippen molar-refractivity contribution in [1.29, 1.82) is 0 Å². The van der Waals surface area contributed by atoms with E-state index in [1.165, 1.54) is 52.8 Å². The van der Waals surface area contributed by atoms with Gasteiger partial charge in [-0.05, 0) is 98.7 Å². The molecule has 0 unspecified atom stereocenters. The third kappa shape index (κ3) is 4.99. The van der Waals surface area contributed by atoms with Gasteiger partial charge in [0.2, 0.25) is 5.89 Å². The van der Waals surface area contributed by atoms with Crippen LogP contribution in [0, 0.1) is 0 Å². The highest BCUT2D eigenvalue weighted by molar-refractivity contribution is 7.26. The fraction of sp³-hybridized carbons (Fsp3) is 0. The summed E-state index contributed by atoms with van der Waals surface area (Å²) in [6.07, 6.45) is 0. The molecule has 11 rings (SSSR count). The Bertz CT molecular complexity index is 3190. The van der Waals surface area contributed by atoms with E-state index in [1.54, 1.807) is 0 Å². The van der Waals surface area contributed by atoms with Gasteiger partial charge in [-0.15, -0.1) is 11.3 Å². The van der Waals surface area contributed by atoms with Gasteiger partial charge >= 0.3 is 0 Å². The minimum atomic E-state index is 0.648. The molecule has 0 spiro atoms. The molecule has 0 bridgehead atoms. The molecule has 0 aliphatic carbocycles. The highest BCUT2D eigenvalue weighted by Crippen LogP contribution is 2.44. The zero-order chi connectivity index (χ0) is 34.9. The normalized spacial score (nSPS) is 11.8. The Hall–Kier alpha value is -6.75. The van der Waals surface area contributed by atoms with Crippen molar-refractivity contribution in [2.75, 3.05) is 4.90 Å². The summed E-state index contributed by atoms with van der Waals surface area (Å²) in [5.41, 5.74) is 8.43. The van der Waals surface area contributed by atoms with Gasteiger partial charge in [-0.25, -0.2) is 4.98 Å². The summed E-state index contributed by atoms with van der Waals surface area (Å²) in [4.78, 5) is 7.44. The molecule has 0 atom stereocenters. The molecule has 0 aliphatic rings. The van der Waals surface area contributed by atoms with Crippen molar-refractivity contribution in [3.63, 3.8) is 0 Å². The first-order valence-corrected chi connectivity index (χ1v) is 18.7. The van der Waals surface area contributed by atoms with E-state index in [4.69, 9.17) is 9.40 Å². The molecule has 0 radical (unpaired) electrons. The van der Waals surface area contributed by atoms with E-state index in [0.717, 1.165) is 44.5 Å². The quantitative estimate of drug-likeness (QED) is 0.180. The van der Waals surface area contributed by atoms with Gasteiger partial charge in [0.15, 0.2) is 5.58 Å². The lowest BCUT2D eigenvalue weighted by Gasteiger charge is -2.26. The first-order chi connectivity index (χ1) is 26.2. The van der Waals surface area contributed by atoms with Crippen LogP contribution in [0.3, 0.4) is 0 Å². The molecule has 0 N–H and O–H groups in total. The van der Waals surface area contributed by atoms with Crippen molar-refractivity contribution in [3.8, 4) is 22.6 Å². The standard InChI is InChI=1S/C49H30N2OS/c1-3-11-35-28-37(17-16-31(35)8-1)33-18-22-38(23-19-33)51(39-24-20-32-9-2-4-12-36(32)29-39)40-25-26-42-46(30-40)53-45-15-7-14-43(47(42)45)49-50-48-41-13-6-5-10-34(41)21-27-44(48)52-49/h1-30H. The number of oxazole rings is 1. The fourth-order valence-electron chi connectivity index (χ4n) is 7.84. The number of hydrogen-bond acceptors (Lipinski definition) is 4. The van der Waals surface area contributed by atoms with Crippen molar-refractivity contribution in [2.24, 2.45) is 0 Å². The summed E-state index contributed by atoms with van der Waals surface area (Å²) in [6, 6.07) is 65.2. The molecular formula is C49H30N2OS. The van der Waals surface area contributed by atoms with E-state index in [1.807, 2.05) is 17.4 Å². The van der Waals surface area contributed by atoms with Gasteiger partial charge in [0.1, 0.15) is 5.52 Å². The van der Waals surface area contributed by atoms with Crippen LogP contribution in [-0.4, -0.2) is 4.98 Å². The molecular weight excluding hydrogens is 665 g/mol. The second kappa shape index (κ2) is 11.9. The van der Waals surface area contributed by atoms with Crippen molar-refractivity contribution in [2.45, 2.75) is 0 Å². The number of thiophene rings is 1. The predicted molar refractivity (Wildman–Crippen MR) is 225 cm³/mol. The molecule has 2 heterocycles. The lowest BCUT2D eigenvalue weighted by atomic mass is 10.0. The predicted octanol–water partition coefficient (Wildman–Crippen LogP) is 14.5. The van der Waals surface area contributed by atoms with Crippen LogP contribution < -0.4 is 4.90 Å². The highest BCUT2D eigenvalue weighted by Gasteiger charge is 2.19. The zero-order valence-electron chi connectivity index (χ0n) is 28.5. The van der Waals surface area contributed by atoms with Crippen LogP contribution in [0.25, 0.3) is 86.2 Å². The molecule has 0 fully saturated rings. The number of rotatable bonds is 5. The van der Waals surface area contributed by atoms with Crippen LogP contribution >= 0.6 is 11.3 Å². The summed E-state index contributed by atoms with van der Waals surface area (Å²) in [5, 5.41) is 9.56. The Morgan fingerprint density at radius 1 is 0.434 bits per heavy atom. The summed E-state index contributed by atoms with van der Waals surface area (Å²) in [5.74, 6) is 0.648. The van der Waals surface area contributed by atoms with E-state index in [9.17, 15) is 0 Å². The fourth-order valence-corrected chi connectivity index (χ4v) is 9.01. The number of hydrogen-bond donors (Lipinski definition) is 0. The molecule has 0 saturated carbocycles. The molecule has 9 aromatic carbocycles. The van der Waals surface area contributed by atoms with Gasteiger partial charge in [0.05, 0.1) is 0 Å². The van der Waals surface area contributed by atoms with Crippen LogP contribution in [0.15, 0.2) is 186 Å². The van der Waals surface area contributed by atoms with Crippen LogP contribution in [-0.2, 0) is 0 Å². The van der Waals surface area contributed by atoms with E-state index in [-0.39, 0.29) is 0 Å². The highest BCUT2D eigenvalue weighted by atomic mass is 32.1. The Morgan fingerprint density at radius 3 is 1.91 bits per heavy atom. The molecule has 0 aliphatic heterocycles. The third-order valence-corrected chi connectivity index (χ3v) is 11.6. The number of benzene rings is 9. The average Bonchev–Trinajstić information content (AvgIpc) is 3.83. The van der Waals surface area contributed by atoms with E-state index in [2.05, 4.69) is 181 Å². The van der Waals surface area contributed by atoms with Crippen LogP contribution in [0.2, 0.25) is 0 Å². The van der Waals surface area contributed by atoms with E-state index in [0.29, 0.717) is 5.89 Å². The summed E-state index contributed by atoms with van der Waals surface area (Å²) in [6.45, 7) is 0. The summed E-state index contributed by atoms with van der Waals surface area (Å²) >= 11 is 1.81. The Kier molecular flexibility index (Phi) is 6.73. The zero-order valence-corrected chi connectivity index (χ0v) is 29.3. The molecule has 248 valence electrons. The number of fused-ring (bicyclic) bond motifs is 8. The largest absolute Gasteiger partial charge is 0.436 e. The van der Waals surface area contributed by atoms with E-state index >= 15 is 0 Å². The van der Waals surface area contributed by atoms with Gasteiger partial charge < -0.3 is 9.32 Å². The molecule has 53 heavy (non-hydrogen) atoms. The third-order valence-electron chi connectivity index (χ3n) is 10.5. The summed E-state index contributed by atoms with van der Waals surface area (Å²) in [7, 11) is 0. The number of aromatic nitrogens is 1. The van der Waals surface area contributed by atoms with Gasteiger partial charge in [-0.1, -0.05) is 121 Å². The SMILES string of the molecule is c1ccc2cc(-c3ccc(N(c4ccc5ccccc5c4)c4ccc5c(c4)sc4cccc(-c6nc7c(ccc8ccccc87)o6)c45)cc3)ccc2c1. The van der Waals surface area contributed by atoms with Crippen molar-refractivity contribution in [1.82, 2.24) is 4.98 Å². The van der Waals surface area contributed by atoms with Crippen molar-refractivity contribution >= 4 is 92.0 Å². The maximum absolute atomic E-state index is 6.45. The Labute approximate surface area is 309 Å². The van der Waals surface area contributed by atoms with Crippen molar-refractivity contribution < 1.29 is 4.42 Å². The summed E-state index contributed by atoms with van der Waals surface area (Å²) < 4.78 is 8.87. The maximum Gasteiger partial charge on any atom is 0.228 e. The Balaban J connectivity index is 1.04. The topological polar surface area (TPSA) is 29.3 Å². The molecule has 11 aromatic rings. The second-order valence-electron chi connectivity index (χ2n) is 13.6. The maximum atomic E-state index is 6.45. The number of nitrogens with zero attached hydrogens (tertiary/aromatic N) is 2. The minimum absolute atomic E-state index is 0.648. The van der Waals surface area contributed by atoms with Gasteiger partial charge in [0.25, 0.3) is 0 Å². The smallest absolute Gasteiger partial charge is 0.228 e. The van der Waals surface area contributed by atoms with Crippen LogP contribution in [0.5, 0.6) is 0 Å². The van der Waals surface area contributed by atoms with Gasteiger partial charge in [-0.2, -0.15) is 0 Å². The minimum Gasteiger partial charge on any atom is -0.436 e. The molecule has 0 amide bonds. The Morgan fingerprint density at radius 2 is 1.08 bits per heavy atom. The van der Waals surface area contributed by atoms with Crippen LogP contribution in [0.4, 0.5) is 17.1 Å². The molecule has 4 heteroatoms. The lowest BCUT2D eigenvalue weighted by molar-refractivity contribution is 0.621. The van der Waals surface area contributed by atoms with Crippen molar-refractivity contribution in [3.05, 3.63) is 182 Å². The first kappa shape index (κ1) is 29.9. The second-order valence-corrected chi connectivity index (χ2v) is 14.7. The number of anilines is 3. The first-order valence-electron chi connectivity index (χ1n) is 17.9.